The first kappa shape index (κ1) is 26.0. The molecule has 1 saturated heterocycles. The lowest BCUT2D eigenvalue weighted by molar-refractivity contribution is -0.142. The van der Waals surface area contributed by atoms with Crippen molar-refractivity contribution in [3.05, 3.63) is 30.1 Å². The summed E-state index contributed by atoms with van der Waals surface area (Å²) in [6, 6.07) is 5.31. The summed E-state index contributed by atoms with van der Waals surface area (Å²) in [6.07, 6.45) is 4.75. The van der Waals surface area contributed by atoms with Crippen LogP contribution in [0.1, 0.15) is 56.9 Å². The van der Waals surface area contributed by atoms with Crippen LogP contribution in [0.2, 0.25) is 0 Å². The van der Waals surface area contributed by atoms with E-state index in [0.717, 1.165) is 58.5 Å². The molecule has 8 nitrogen and oxygen atoms in total. The number of hydrogen-bond donors (Lipinski definition) is 3. The molecule has 8 heteroatoms. The maximum Gasteiger partial charge on any atom is 0.270 e. The molecular weight excluding hydrogens is 444 g/mol. The highest BCUT2D eigenvalue weighted by Gasteiger charge is 2.53. The highest BCUT2D eigenvalue weighted by molar-refractivity contribution is 5.92. The first-order chi connectivity index (χ1) is 16.8. The van der Waals surface area contributed by atoms with Gasteiger partial charge in [-0.2, -0.15) is 0 Å². The molecule has 2 amide bonds. The van der Waals surface area contributed by atoms with Gasteiger partial charge in [0.15, 0.2) is 0 Å². The molecule has 35 heavy (non-hydrogen) atoms. The highest BCUT2D eigenvalue weighted by atomic mass is 16.5. The number of rotatable bonds is 7. The first-order valence-corrected chi connectivity index (χ1v) is 13.3. The first-order valence-electron chi connectivity index (χ1n) is 13.3. The van der Waals surface area contributed by atoms with Gasteiger partial charge in [-0.15, -0.1) is 0 Å². The molecule has 1 aromatic rings. The van der Waals surface area contributed by atoms with Gasteiger partial charge in [-0.1, -0.05) is 26.8 Å². The van der Waals surface area contributed by atoms with Gasteiger partial charge in [-0.3, -0.25) is 19.5 Å². The lowest BCUT2D eigenvalue weighted by Gasteiger charge is -2.56. The van der Waals surface area contributed by atoms with E-state index in [-0.39, 0.29) is 46.9 Å². The van der Waals surface area contributed by atoms with Crippen molar-refractivity contribution in [2.75, 3.05) is 39.4 Å². The third kappa shape index (κ3) is 5.87. The van der Waals surface area contributed by atoms with Crippen molar-refractivity contribution in [1.82, 2.24) is 20.5 Å². The van der Waals surface area contributed by atoms with Crippen LogP contribution in [0.5, 0.6) is 0 Å². The van der Waals surface area contributed by atoms with Crippen molar-refractivity contribution in [3.8, 4) is 0 Å². The van der Waals surface area contributed by atoms with Crippen LogP contribution in [0.25, 0.3) is 0 Å². The van der Waals surface area contributed by atoms with Crippen LogP contribution in [0, 0.1) is 29.1 Å². The number of fused-ring (bicyclic) bond motifs is 1. The van der Waals surface area contributed by atoms with Gasteiger partial charge in [-0.25, -0.2) is 0 Å². The Morgan fingerprint density at radius 2 is 2.00 bits per heavy atom. The fourth-order valence-electron chi connectivity index (χ4n) is 6.75. The minimum atomic E-state index is -0.571. The Kier molecular flexibility index (Phi) is 8.45. The second-order valence-corrected chi connectivity index (χ2v) is 11.1. The number of aliphatic hydroxyl groups excluding tert-OH is 1. The number of aromatic nitrogens is 1. The minimum Gasteiger partial charge on any atom is -0.392 e. The summed E-state index contributed by atoms with van der Waals surface area (Å²) in [7, 11) is 0. The van der Waals surface area contributed by atoms with E-state index in [0.29, 0.717) is 12.2 Å². The average Bonchev–Trinajstić information content (AvgIpc) is 2.86. The summed E-state index contributed by atoms with van der Waals surface area (Å²) < 4.78 is 5.38. The summed E-state index contributed by atoms with van der Waals surface area (Å²) in [5.41, 5.74) is 0.436. The van der Waals surface area contributed by atoms with Crippen LogP contribution < -0.4 is 10.6 Å². The largest absolute Gasteiger partial charge is 0.392 e. The summed E-state index contributed by atoms with van der Waals surface area (Å²) in [5.74, 6) is -0.335. The van der Waals surface area contributed by atoms with Crippen molar-refractivity contribution < 1.29 is 19.4 Å². The number of carbonyl (C=O) groups is 2. The van der Waals surface area contributed by atoms with Crippen LogP contribution in [-0.2, 0) is 9.53 Å². The molecule has 0 aromatic carbocycles. The summed E-state index contributed by atoms with van der Waals surface area (Å²) in [4.78, 5) is 32.2. The molecule has 3 N–H and O–H groups in total. The number of morpholine rings is 1. The molecule has 3 fully saturated rings. The lowest BCUT2D eigenvalue weighted by Crippen LogP contribution is -2.58. The SMILES string of the molecule is C[C@H]1[C@@H]2[C@@H](O)C([C@H](C)C(=O)NCCN3CCOCC3)CC[C@@]2(C)CC[C@@H]1NC(=O)c1ccccn1. The predicted octanol–water partition coefficient (Wildman–Crippen LogP) is 2.09. The average molecular weight is 487 g/mol. The van der Waals surface area contributed by atoms with Crippen molar-refractivity contribution >= 4 is 11.8 Å². The predicted molar refractivity (Wildman–Crippen MR) is 134 cm³/mol. The quantitative estimate of drug-likeness (QED) is 0.545. The van der Waals surface area contributed by atoms with Gasteiger partial charge in [0.25, 0.3) is 5.91 Å². The second kappa shape index (κ2) is 11.4. The fraction of sp³-hybridized carbons (Fsp3) is 0.741. The Balaban J connectivity index is 1.36. The Morgan fingerprint density at radius 1 is 1.26 bits per heavy atom. The van der Waals surface area contributed by atoms with E-state index in [2.05, 4.69) is 34.4 Å². The molecule has 1 unspecified atom stereocenters. The molecule has 1 aliphatic heterocycles. The Hall–Kier alpha value is -2.03. The van der Waals surface area contributed by atoms with Gasteiger partial charge < -0.3 is 20.5 Å². The third-order valence-corrected chi connectivity index (χ3v) is 8.99. The number of ether oxygens (including phenoxy) is 1. The topological polar surface area (TPSA) is 104 Å². The van der Waals surface area contributed by atoms with E-state index >= 15 is 0 Å². The molecule has 0 bridgehead atoms. The van der Waals surface area contributed by atoms with Gasteiger partial charge in [0, 0.05) is 44.3 Å². The zero-order chi connectivity index (χ0) is 25.0. The number of aliphatic hydroxyl groups is 1. The number of nitrogens with one attached hydrogen (secondary N) is 2. The summed E-state index contributed by atoms with van der Waals surface area (Å²) in [6.45, 7) is 11.1. The summed E-state index contributed by atoms with van der Waals surface area (Å²) in [5, 5.41) is 17.9. The Labute approximate surface area is 209 Å². The van der Waals surface area contributed by atoms with Crippen molar-refractivity contribution in [2.45, 2.75) is 58.6 Å². The molecule has 3 aliphatic rings. The molecule has 7 atom stereocenters. The Morgan fingerprint density at radius 3 is 2.71 bits per heavy atom. The third-order valence-electron chi connectivity index (χ3n) is 8.99. The monoisotopic (exact) mass is 486 g/mol. The maximum absolute atomic E-state index is 13.0. The van der Waals surface area contributed by atoms with E-state index in [1.165, 1.54) is 0 Å². The normalized spacial score (nSPS) is 34.5. The van der Waals surface area contributed by atoms with E-state index in [9.17, 15) is 14.7 Å². The summed E-state index contributed by atoms with van der Waals surface area (Å²) >= 11 is 0. The van der Waals surface area contributed by atoms with Gasteiger partial charge in [0.2, 0.25) is 5.91 Å². The van der Waals surface area contributed by atoms with Gasteiger partial charge in [0.1, 0.15) is 5.69 Å². The number of nitrogens with zero attached hydrogens (tertiary/aromatic N) is 2. The smallest absolute Gasteiger partial charge is 0.270 e. The zero-order valence-corrected chi connectivity index (χ0v) is 21.4. The molecule has 4 rings (SSSR count). The van der Waals surface area contributed by atoms with Crippen molar-refractivity contribution in [3.63, 3.8) is 0 Å². The lowest BCUT2D eigenvalue weighted by atomic mass is 9.51. The van der Waals surface area contributed by atoms with Crippen LogP contribution in [0.15, 0.2) is 24.4 Å². The van der Waals surface area contributed by atoms with Crippen molar-refractivity contribution in [1.29, 1.82) is 0 Å². The molecule has 194 valence electrons. The van der Waals surface area contributed by atoms with Gasteiger partial charge in [0.05, 0.1) is 19.3 Å². The highest BCUT2D eigenvalue weighted by Crippen LogP contribution is 2.55. The minimum absolute atomic E-state index is 0.0198. The van der Waals surface area contributed by atoms with Crippen LogP contribution >= 0.6 is 0 Å². The Bertz CT molecular complexity index is 862. The van der Waals surface area contributed by atoms with E-state index in [1.54, 1.807) is 18.3 Å². The van der Waals surface area contributed by atoms with Crippen LogP contribution in [-0.4, -0.2) is 78.3 Å². The number of hydrogen-bond acceptors (Lipinski definition) is 6. The number of pyridine rings is 1. The molecule has 0 spiro atoms. The molecule has 2 saturated carbocycles. The standard InChI is InChI=1S/C27H42N4O4/c1-18(25(33)29-12-13-31-14-16-35-17-15-31)20-7-9-27(3)10-8-21(19(2)23(27)24(20)32)30-26(34)22-6-4-5-11-28-22/h4-6,11,18-21,23-24,32H,7-10,12-17H2,1-3H3,(H,29,33)(H,30,34)/t18-,19+,20?,21-,23+,24-,27-/m0/s1. The molecule has 0 radical (unpaired) electrons. The number of carbonyl (C=O) groups excluding carboxylic acids is 2. The van der Waals surface area contributed by atoms with E-state index in [1.807, 2.05) is 13.0 Å². The molecule has 2 heterocycles. The zero-order valence-electron chi connectivity index (χ0n) is 21.4. The van der Waals surface area contributed by atoms with Crippen molar-refractivity contribution in [2.24, 2.45) is 29.1 Å². The molecule has 2 aliphatic carbocycles. The van der Waals surface area contributed by atoms with Gasteiger partial charge in [-0.05, 0) is 61.0 Å². The molecule has 1 aromatic heterocycles. The number of amides is 2. The van der Waals surface area contributed by atoms with E-state index in [4.69, 9.17) is 4.74 Å². The fourth-order valence-corrected chi connectivity index (χ4v) is 6.75. The van der Waals surface area contributed by atoms with Gasteiger partial charge >= 0.3 is 0 Å². The molecular formula is C27H42N4O4. The van der Waals surface area contributed by atoms with Crippen LogP contribution in [0.3, 0.4) is 0 Å². The maximum atomic E-state index is 13.0. The van der Waals surface area contributed by atoms with Crippen LogP contribution in [0.4, 0.5) is 0 Å². The second-order valence-electron chi connectivity index (χ2n) is 11.1. The van der Waals surface area contributed by atoms with E-state index < -0.39 is 6.10 Å².